The summed E-state index contributed by atoms with van der Waals surface area (Å²) in [6.07, 6.45) is 4.48. The summed E-state index contributed by atoms with van der Waals surface area (Å²) >= 11 is 6.04. The van der Waals surface area contributed by atoms with E-state index in [4.69, 9.17) is 72.4 Å². The Kier molecular flexibility index (Phi) is 31.9. The van der Waals surface area contributed by atoms with Crippen LogP contribution in [0.5, 0.6) is 28.7 Å². The van der Waals surface area contributed by atoms with Gasteiger partial charge in [-0.25, -0.2) is 54.2 Å². The number of aromatic nitrogens is 6. The number of aromatic amines is 1. The predicted octanol–water partition coefficient (Wildman–Crippen LogP) is 6.52. The normalized spacial score (nSPS) is 12.4. The molecule has 5 heterocycles. The van der Waals surface area contributed by atoms with Crippen molar-refractivity contribution < 1.29 is 60.0 Å². The van der Waals surface area contributed by atoms with Crippen molar-refractivity contribution in [1.29, 1.82) is 5.26 Å². The van der Waals surface area contributed by atoms with Crippen molar-refractivity contribution in [3.8, 4) is 34.8 Å². The van der Waals surface area contributed by atoms with Gasteiger partial charge in [0.2, 0.25) is 0 Å². The molecule has 2 aliphatic heterocycles. The van der Waals surface area contributed by atoms with Crippen LogP contribution < -0.4 is 70.6 Å². The minimum absolute atomic E-state index is 0.0933. The lowest BCUT2D eigenvalue weighted by Gasteiger charge is -2.40. The molecule has 514 valence electrons. The van der Waals surface area contributed by atoms with Gasteiger partial charge in [0, 0.05) is 104 Å². The number of hydrogen-bond donors (Lipinski definition) is 9. The number of hydrogen-bond acceptors (Lipinski definition) is 23. The third-order valence-electron chi connectivity index (χ3n) is 13.9. The Bertz CT molecular complexity index is 4160. The van der Waals surface area contributed by atoms with E-state index in [1.165, 1.54) is 33.5 Å². The number of methoxy groups -OCH3 is 6. The van der Waals surface area contributed by atoms with E-state index in [0.717, 1.165) is 103 Å². The van der Waals surface area contributed by atoms with Crippen LogP contribution in [0, 0.1) is 23.2 Å². The van der Waals surface area contributed by atoms with Crippen LogP contribution in [0.4, 0.5) is 17.2 Å². The number of benzene rings is 5. The fourth-order valence-electron chi connectivity index (χ4n) is 8.64. The lowest BCUT2D eigenvalue weighted by Crippen LogP contribution is -2.48. The highest BCUT2D eigenvalue weighted by atomic mass is 35.5. The maximum atomic E-state index is 11.6. The van der Waals surface area contributed by atoms with Gasteiger partial charge in [0.15, 0.2) is 0 Å². The summed E-state index contributed by atoms with van der Waals surface area (Å²) < 4.78 is 76.9. The zero-order valence-electron chi connectivity index (χ0n) is 54.7. The predicted molar refractivity (Wildman–Crippen MR) is 367 cm³/mol. The Balaban J connectivity index is 0.000000246. The zero-order chi connectivity index (χ0) is 70.4. The number of carbonyl (C=O) groups is 2. The maximum Gasteiger partial charge on any atom is 0.339 e. The number of nitriles is 1. The lowest BCUT2D eigenvalue weighted by molar-refractivity contribution is 0.0600. The van der Waals surface area contributed by atoms with Gasteiger partial charge in [-0.2, -0.15) is 22.1 Å². The van der Waals surface area contributed by atoms with Gasteiger partial charge in [-0.3, -0.25) is 4.79 Å². The van der Waals surface area contributed by atoms with E-state index in [0.29, 0.717) is 88.1 Å². The zero-order valence-corrected chi connectivity index (χ0v) is 57.1. The number of rotatable bonds is 19. The molecule has 13 N–H and O–H groups in total. The molecule has 0 atom stereocenters. The maximum absolute atomic E-state index is 11.6. The minimum atomic E-state index is -3.61. The molecule has 8 aromatic rings. The lowest BCUT2D eigenvalue weighted by atomic mass is 9.96. The number of nitrogens with zero attached hydrogens (tertiary/aromatic N) is 7. The fourth-order valence-corrected chi connectivity index (χ4v) is 9.71. The molecule has 95 heavy (non-hydrogen) atoms. The second kappa shape index (κ2) is 38.8. The van der Waals surface area contributed by atoms with Crippen LogP contribution in [-0.4, -0.2) is 146 Å². The molecule has 2 saturated heterocycles. The highest BCUT2D eigenvalue weighted by molar-refractivity contribution is 7.87. The van der Waals surface area contributed by atoms with Crippen molar-refractivity contribution in [3.63, 3.8) is 0 Å². The molecule has 32 heteroatoms. The van der Waals surface area contributed by atoms with E-state index < -0.39 is 32.4 Å². The van der Waals surface area contributed by atoms with Crippen LogP contribution in [0.3, 0.4) is 0 Å². The van der Waals surface area contributed by atoms with Gasteiger partial charge in [0.25, 0.3) is 26.0 Å². The number of anilines is 3. The average Bonchev–Trinajstić information content (AvgIpc) is 0.782. The second-order valence-electron chi connectivity index (χ2n) is 20.6. The third-order valence-corrected chi connectivity index (χ3v) is 15.4. The molecule has 0 unspecified atom stereocenters. The van der Waals surface area contributed by atoms with Crippen molar-refractivity contribution in [1.82, 2.24) is 44.7 Å². The number of ether oxygens (including phenoxy) is 6. The van der Waals surface area contributed by atoms with Crippen LogP contribution in [-0.2, 0) is 44.4 Å². The monoisotopic (exact) mass is 1370 g/mol. The smallest absolute Gasteiger partial charge is 0.339 e. The minimum Gasteiger partial charge on any atom is -0.497 e. The van der Waals surface area contributed by atoms with Crippen molar-refractivity contribution >= 4 is 93.9 Å². The number of nitrogen functional groups attached to an aromatic ring is 2. The number of fused-ring (bicyclic) bond motifs is 3. The Hall–Kier alpha value is -9.26. The molecule has 0 saturated carbocycles. The number of esters is 1. The van der Waals surface area contributed by atoms with Crippen molar-refractivity contribution in [2.45, 2.75) is 66.2 Å². The van der Waals surface area contributed by atoms with Crippen LogP contribution in [0.25, 0.3) is 32.7 Å². The molecule has 0 amide bonds. The molecule has 0 aliphatic carbocycles. The number of nitrogens with one attached hydrogen (secondary N) is 4. The Labute approximate surface area is 557 Å². The summed E-state index contributed by atoms with van der Waals surface area (Å²) in [5.41, 5.74) is 14.3. The van der Waals surface area contributed by atoms with Gasteiger partial charge >= 0.3 is 11.9 Å². The van der Waals surface area contributed by atoms with Gasteiger partial charge in [0.1, 0.15) is 57.2 Å². The van der Waals surface area contributed by atoms with Gasteiger partial charge in [-0.1, -0.05) is 39.3 Å². The number of H-pyrrole nitrogens is 1. The first kappa shape index (κ1) is 78.2. The molecular formula is C63H84ClN15O14S2. The van der Waals surface area contributed by atoms with E-state index in [1.807, 2.05) is 70.2 Å². The highest BCUT2D eigenvalue weighted by Crippen LogP contribution is 2.33. The summed E-state index contributed by atoms with van der Waals surface area (Å²) in [4.78, 5) is 60.3. The summed E-state index contributed by atoms with van der Waals surface area (Å²) in [5, 5.41) is 31.9. The Morgan fingerprint density at radius 1 is 0.621 bits per heavy atom. The number of carbonyl (C=O) groups excluding carboxylic acids is 1. The summed E-state index contributed by atoms with van der Waals surface area (Å²) in [7, 11) is 2.12. The van der Waals surface area contributed by atoms with Gasteiger partial charge in [-0.15, -0.1) is 0 Å². The highest BCUT2D eigenvalue weighted by Gasteiger charge is 2.29. The number of aromatic carboxylic acids is 1. The largest absolute Gasteiger partial charge is 0.497 e. The Morgan fingerprint density at radius 3 is 1.45 bits per heavy atom. The first-order chi connectivity index (χ1) is 45.2. The SMILES string of the molecule is CCC#N.CCc1nc(Cl)c2ccc(OC)cc2n1.CCc1nc(N2CC(CCNS(N)(=O)=O)C2)c2ccc(OC)cc2n1.CCc1nc2cc(OC)ccc2c(=O)[nH]1.COC(=O)c1ccc(OC)cc1N.COc1ccc(C(=O)O)c(N)c1.NS(=O)(=O)NCCC1CNC1. The van der Waals surface area contributed by atoms with Gasteiger partial charge in [-0.05, 0) is 98.4 Å². The van der Waals surface area contributed by atoms with Crippen LogP contribution in [0.2, 0.25) is 5.15 Å². The quantitative estimate of drug-likeness (QED) is 0.0236. The molecule has 3 aromatic heterocycles. The first-order valence-corrected chi connectivity index (χ1v) is 33.2. The molecule has 2 fully saturated rings. The Morgan fingerprint density at radius 2 is 1.04 bits per heavy atom. The molecular weight excluding hydrogens is 1290 g/mol. The van der Waals surface area contributed by atoms with Gasteiger partial charge < -0.3 is 60.2 Å². The molecule has 0 bridgehead atoms. The second-order valence-corrected chi connectivity index (χ2v) is 23.7. The van der Waals surface area contributed by atoms with Crippen molar-refractivity contribution in [3.05, 3.63) is 135 Å². The summed E-state index contributed by atoms with van der Waals surface area (Å²) in [6, 6.07) is 27.8. The number of carboxylic acids is 1. The van der Waals surface area contributed by atoms with E-state index >= 15 is 0 Å². The van der Waals surface area contributed by atoms with E-state index in [2.05, 4.69) is 49.3 Å². The van der Waals surface area contributed by atoms with Crippen LogP contribution in [0.1, 0.15) is 85.1 Å². The molecule has 2 aliphatic rings. The van der Waals surface area contributed by atoms with E-state index in [-0.39, 0.29) is 16.8 Å². The summed E-state index contributed by atoms with van der Waals surface area (Å²) in [5.74, 6) is 6.17. The number of nitrogens with two attached hydrogens (primary N) is 4. The molecule has 0 radical (unpaired) electrons. The van der Waals surface area contributed by atoms with Gasteiger partial charge in [0.05, 0.1) is 81.8 Å². The van der Waals surface area contributed by atoms with E-state index in [1.54, 1.807) is 63.8 Å². The van der Waals surface area contributed by atoms with Crippen molar-refractivity contribution in [2.24, 2.45) is 22.1 Å². The number of halogens is 1. The third kappa shape index (κ3) is 25.5. The number of carboxylic acid groups (broad SMARTS) is 1. The van der Waals surface area contributed by atoms with Crippen LogP contribution in [0.15, 0.2) is 95.8 Å². The molecule has 5 aromatic carbocycles. The molecule has 29 nitrogen and oxygen atoms in total. The topological polar surface area (TPSA) is 443 Å². The van der Waals surface area contributed by atoms with Crippen LogP contribution >= 0.6 is 11.6 Å². The molecule has 0 spiro atoms. The number of aryl methyl sites for hydroxylation is 3. The first-order valence-electron chi connectivity index (χ1n) is 29.7. The standard InChI is InChI=1S/C16H23N5O3S.C11H11ClN2O.C11H12N2O2.C9H11NO3.C8H9NO3.C5H13N3O2S.C3H5N/c1-3-15-19-14-8-12(24-2)4-5-13(14)16(20-15)21-9-11(10-21)6-7-18-25(17,22)23;1-3-10-13-9-6-7(15-2)4-5-8(9)11(12)14-10;1-3-10-12-9-6-7(15-2)4-5-8(9)11(14)13-10;1-12-6-3-4-7(8(10)5-6)9(11)13-2;1-12-5-2-3-6(8(10)11)7(9)4-5;6-11(9,10)8-2-1-5-3-7-4-5;1-2-3-4/h4-5,8,11,18H,3,6-7,9-10H2,1-2H3,(H2,17,22,23);4-6H,3H2,1-2H3;4-6H,3H2,1-2H3,(H,12,13,14);3-5H,10H2,1-2H3;2-4H,9H2,1H3,(H,10,11);5,7-8H,1-4H2,(H2,6,9,10);2H2,1H3. The summed E-state index contributed by atoms with van der Waals surface area (Å²) in [6.45, 7) is 12.3. The van der Waals surface area contributed by atoms with Crippen molar-refractivity contribution in [2.75, 3.05) is 98.3 Å². The fraction of sp³-hybridized carbons (Fsp3) is 0.381. The molecule has 10 rings (SSSR count). The van der Waals surface area contributed by atoms with E-state index in [9.17, 15) is 31.2 Å². The average molecular weight is 1380 g/mol.